The van der Waals surface area contributed by atoms with E-state index in [1.54, 1.807) is 7.11 Å². The summed E-state index contributed by atoms with van der Waals surface area (Å²) in [4.78, 5) is 0. The summed E-state index contributed by atoms with van der Waals surface area (Å²) >= 11 is 0. The Morgan fingerprint density at radius 2 is 2.18 bits per heavy atom. The Kier molecular flexibility index (Phi) is 6.18. The Labute approximate surface area is 68.9 Å². The monoisotopic (exact) mass is 158 g/mol. The molecule has 0 aliphatic carbocycles. The fourth-order valence-corrected chi connectivity index (χ4v) is 0.840. The minimum Gasteiger partial charge on any atom is -0.391 e. The molecule has 0 aromatic carbocycles. The number of methoxy groups -OCH3 is 1. The van der Waals surface area contributed by atoms with E-state index in [2.05, 4.69) is 19.9 Å². The van der Waals surface area contributed by atoms with Gasteiger partial charge >= 0.3 is 0 Å². The van der Waals surface area contributed by atoms with Crippen molar-refractivity contribution in [2.24, 2.45) is 0 Å². The van der Waals surface area contributed by atoms with E-state index >= 15 is 0 Å². The van der Waals surface area contributed by atoms with Gasteiger partial charge in [0, 0.05) is 7.11 Å². The summed E-state index contributed by atoms with van der Waals surface area (Å²) in [7, 11) is 1.60. The maximum atomic E-state index is 9.21. The predicted molar refractivity (Wildman–Crippen MR) is 46.5 cm³/mol. The number of rotatable bonds is 5. The Hall–Kier alpha value is -0.340. The predicted octanol–water partition coefficient (Wildman–Crippen LogP) is 1.74. The van der Waals surface area contributed by atoms with Crippen molar-refractivity contribution in [2.75, 3.05) is 13.7 Å². The average Bonchev–Trinajstić information content (AvgIpc) is 1.87. The molecule has 0 spiro atoms. The lowest BCUT2D eigenvalue weighted by atomic mass is 10.1. The van der Waals surface area contributed by atoms with E-state index < -0.39 is 0 Å². The van der Waals surface area contributed by atoms with Gasteiger partial charge < -0.3 is 9.84 Å². The zero-order valence-corrected chi connectivity index (χ0v) is 7.63. The van der Waals surface area contributed by atoms with Crippen molar-refractivity contribution in [3.8, 4) is 0 Å². The largest absolute Gasteiger partial charge is 0.391 e. The summed E-state index contributed by atoms with van der Waals surface area (Å²) in [5, 5.41) is 9.21. The first kappa shape index (κ1) is 10.7. The normalized spacial score (nSPS) is 12.7. The molecule has 2 nitrogen and oxygen atoms in total. The highest BCUT2D eigenvalue weighted by Gasteiger charge is 2.00. The smallest absolute Gasteiger partial charge is 0.0776 e. The van der Waals surface area contributed by atoms with Crippen molar-refractivity contribution in [1.29, 1.82) is 0 Å². The highest BCUT2D eigenvalue weighted by atomic mass is 16.5. The lowest BCUT2D eigenvalue weighted by Gasteiger charge is -2.06. The van der Waals surface area contributed by atoms with Crippen LogP contribution in [-0.2, 0) is 4.74 Å². The van der Waals surface area contributed by atoms with E-state index in [0.717, 1.165) is 12.8 Å². The molecule has 66 valence electrons. The molecule has 0 aromatic heterocycles. The minimum atomic E-state index is -0.310. The molecular weight excluding hydrogens is 140 g/mol. The first-order chi connectivity index (χ1) is 5.16. The van der Waals surface area contributed by atoms with Gasteiger partial charge in [-0.1, -0.05) is 11.6 Å². The lowest BCUT2D eigenvalue weighted by Crippen LogP contribution is -2.12. The van der Waals surface area contributed by atoms with Gasteiger partial charge in [-0.15, -0.1) is 0 Å². The van der Waals surface area contributed by atoms with Gasteiger partial charge in [0.2, 0.25) is 0 Å². The van der Waals surface area contributed by atoms with Crippen LogP contribution in [-0.4, -0.2) is 24.9 Å². The quantitative estimate of drug-likeness (QED) is 0.617. The standard InChI is InChI=1S/C9H18O2/c1-8(2)5-4-6-9(10)7-11-3/h5,9-10H,4,6-7H2,1-3H3. The molecule has 0 aliphatic heterocycles. The third-order valence-corrected chi connectivity index (χ3v) is 1.41. The Bertz CT molecular complexity index is 115. The number of allylic oxidation sites excluding steroid dienone is 2. The third-order valence-electron chi connectivity index (χ3n) is 1.41. The van der Waals surface area contributed by atoms with Gasteiger partial charge in [0.1, 0.15) is 0 Å². The first-order valence-electron chi connectivity index (χ1n) is 3.97. The molecule has 0 saturated carbocycles. The van der Waals surface area contributed by atoms with Gasteiger partial charge in [0.15, 0.2) is 0 Å². The van der Waals surface area contributed by atoms with E-state index in [0.29, 0.717) is 6.61 Å². The van der Waals surface area contributed by atoms with E-state index in [9.17, 15) is 5.11 Å². The first-order valence-corrected chi connectivity index (χ1v) is 3.97. The van der Waals surface area contributed by atoms with Gasteiger partial charge in [-0.25, -0.2) is 0 Å². The molecule has 0 heterocycles. The van der Waals surface area contributed by atoms with Gasteiger partial charge in [-0.3, -0.25) is 0 Å². The molecule has 1 N–H and O–H groups in total. The highest BCUT2D eigenvalue weighted by molar-refractivity contribution is 4.92. The zero-order chi connectivity index (χ0) is 8.69. The van der Waals surface area contributed by atoms with Crippen molar-refractivity contribution in [2.45, 2.75) is 32.8 Å². The maximum Gasteiger partial charge on any atom is 0.0776 e. The van der Waals surface area contributed by atoms with Crippen LogP contribution >= 0.6 is 0 Å². The summed E-state index contributed by atoms with van der Waals surface area (Å²) in [6.07, 6.45) is 3.54. The van der Waals surface area contributed by atoms with Gasteiger partial charge in [-0.2, -0.15) is 0 Å². The topological polar surface area (TPSA) is 29.5 Å². The molecule has 1 atom stereocenters. The van der Waals surface area contributed by atoms with Crippen LogP contribution in [0, 0.1) is 0 Å². The van der Waals surface area contributed by atoms with E-state index in [1.165, 1.54) is 5.57 Å². The molecule has 0 radical (unpaired) electrons. The van der Waals surface area contributed by atoms with Crippen molar-refractivity contribution in [1.82, 2.24) is 0 Å². The number of hydrogen-bond acceptors (Lipinski definition) is 2. The van der Waals surface area contributed by atoms with Crippen molar-refractivity contribution < 1.29 is 9.84 Å². The summed E-state index contributed by atoms with van der Waals surface area (Å²) in [5.74, 6) is 0. The molecule has 2 heteroatoms. The van der Waals surface area contributed by atoms with E-state index in [1.807, 2.05) is 0 Å². The van der Waals surface area contributed by atoms with Crippen molar-refractivity contribution in [3.05, 3.63) is 11.6 Å². The summed E-state index contributed by atoms with van der Waals surface area (Å²) < 4.78 is 4.79. The molecule has 1 unspecified atom stereocenters. The van der Waals surface area contributed by atoms with Crippen molar-refractivity contribution >= 4 is 0 Å². The molecule has 0 aliphatic rings. The second-order valence-electron chi connectivity index (χ2n) is 2.97. The van der Waals surface area contributed by atoms with Crippen molar-refractivity contribution in [3.63, 3.8) is 0 Å². The molecule has 0 amide bonds. The number of aliphatic hydroxyl groups excluding tert-OH is 1. The number of aliphatic hydroxyl groups is 1. The molecule has 11 heavy (non-hydrogen) atoms. The minimum absolute atomic E-state index is 0.310. The molecule has 0 rings (SSSR count). The van der Waals surface area contributed by atoms with Crippen LogP contribution in [0.25, 0.3) is 0 Å². The van der Waals surface area contributed by atoms with E-state index in [-0.39, 0.29) is 6.10 Å². The van der Waals surface area contributed by atoms with Gasteiger partial charge in [0.05, 0.1) is 12.7 Å². The third kappa shape index (κ3) is 7.56. The van der Waals surface area contributed by atoms with Gasteiger partial charge in [0.25, 0.3) is 0 Å². The molecule has 0 saturated heterocycles. The van der Waals surface area contributed by atoms with Crippen LogP contribution in [0.15, 0.2) is 11.6 Å². The van der Waals surface area contributed by atoms with Crippen LogP contribution in [0.4, 0.5) is 0 Å². The second-order valence-corrected chi connectivity index (χ2v) is 2.97. The van der Waals surface area contributed by atoms with E-state index in [4.69, 9.17) is 4.74 Å². The average molecular weight is 158 g/mol. The van der Waals surface area contributed by atoms with Crippen LogP contribution in [0.2, 0.25) is 0 Å². The Morgan fingerprint density at radius 3 is 2.64 bits per heavy atom. The molecular formula is C9H18O2. The second kappa shape index (κ2) is 6.38. The lowest BCUT2D eigenvalue weighted by molar-refractivity contribution is 0.0599. The summed E-state index contributed by atoms with van der Waals surface area (Å²) in [6, 6.07) is 0. The number of ether oxygens (including phenoxy) is 1. The Balaban J connectivity index is 3.31. The maximum absolute atomic E-state index is 9.21. The molecule has 0 bridgehead atoms. The molecule has 0 fully saturated rings. The SMILES string of the molecule is COCC(O)CCC=C(C)C. The summed E-state index contributed by atoms with van der Waals surface area (Å²) in [6.45, 7) is 4.56. The highest BCUT2D eigenvalue weighted by Crippen LogP contribution is 2.01. The fourth-order valence-electron chi connectivity index (χ4n) is 0.840. The number of hydrogen-bond donors (Lipinski definition) is 1. The Morgan fingerprint density at radius 1 is 1.55 bits per heavy atom. The van der Waals surface area contributed by atoms with Crippen LogP contribution in [0.5, 0.6) is 0 Å². The van der Waals surface area contributed by atoms with Crippen LogP contribution in [0.1, 0.15) is 26.7 Å². The van der Waals surface area contributed by atoms with Crippen LogP contribution in [0.3, 0.4) is 0 Å². The molecule has 0 aromatic rings. The van der Waals surface area contributed by atoms with Crippen LogP contribution < -0.4 is 0 Å². The fraction of sp³-hybridized carbons (Fsp3) is 0.778. The van der Waals surface area contributed by atoms with Gasteiger partial charge in [-0.05, 0) is 26.7 Å². The zero-order valence-electron chi connectivity index (χ0n) is 7.63. The summed E-state index contributed by atoms with van der Waals surface area (Å²) in [5.41, 5.74) is 1.30.